The van der Waals surface area contributed by atoms with Gasteiger partial charge in [-0.05, 0) is 48.6 Å². The van der Waals surface area contributed by atoms with E-state index >= 15 is 0 Å². The van der Waals surface area contributed by atoms with Crippen LogP contribution in [0.15, 0.2) is 48.1 Å². The summed E-state index contributed by atoms with van der Waals surface area (Å²) in [6.45, 7) is 3.84. The molecule has 2 atom stereocenters. The first kappa shape index (κ1) is 19.8. The fraction of sp³-hybridized carbons (Fsp3) is 0.417. The number of nitrogens with zero attached hydrogens (tertiary/aromatic N) is 4. The van der Waals surface area contributed by atoms with Crippen LogP contribution in [-0.2, 0) is 17.9 Å². The van der Waals surface area contributed by atoms with Crippen molar-refractivity contribution in [2.24, 2.45) is 5.92 Å². The molecule has 0 N–H and O–H groups in total. The Labute approximate surface area is 191 Å². The van der Waals surface area contributed by atoms with E-state index in [1.54, 1.807) is 11.3 Å². The van der Waals surface area contributed by atoms with Gasteiger partial charge in [-0.2, -0.15) is 0 Å². The summed E-state index contributed by atoms with van der Waals surface area (Å²) in [4.78, 5) is 22.0. The number of likely N-dealkylation sites (tertiary alicyclic amines) is 2. The molecule has 0 radical (unpaired) electrons. The lowest BCUT2D eigenvalue weighted by atomic mass is 9.83. The van der Waals surface area contributed by atoms with Crippen LogP contribution in [0.3, 0.4) is 0 Å². The highest BCUT2D eigenvalue weighted by atomic mass is 32.1. The quantitative estimate of drug-likeness (QED) is 0.594. The molecule has 3 aliphatic rings. The molecule has 2 aromatic heterocycles. The zero-order chi connectivity index (χ0) is 21.5. The van der Waals surface area contributed by atoms with E-state index in [1.807, 2.05) is 29.8 Å². The van der Waals surface area contributed by atoms with E-state index in [0.29, 0.717) is 24.9 Å². The van der Waals surface area contributed by atoms with Crippen molar-refractivity contribution in [3.05, 3.63) is 59.4 Å². The monoisotopic (exact) mass is 450 g/mol. The van der Waals surface area contributed by atoms with Gasteiger partial charge in [-0.1, -0.05) is 6.07 Å². The highest BCUT2D eigenvalue weighted by molar-refractivity contribution is 7.12. The number of hydrogen-bond donors (Lipinski definition) is 0. The van der Waals surface area contributed by atoms with Gasteiger partial charge in [-0.25, -0.2) is 4.98 Å². The standard InChI is InChI=1S/C24H26N4O3S/c29-23-6-4-18-14-26(15-19-2-1-9-27(19)24-25-8-11-32-24)10-7-20(18)28(23)13-17-3-5-21-22(12-17)31-16-30-21/h1-3,5,8-9,11-12,18,20H,4,6-7,10,13-16H2/t18-,20+/m1/s1. The Morgan fingerprint density at radius 3 is 2.97 bits per heavy atom. The average molecular weight is 451 g/mol. The molecular weight excluding hydrogens is 424 g/mol. The third-order valence-corrected chi connectivity index (χ3v) is 7.63. The van der Waals surface area contributed by atoms with Crippen molar-refractivity contribution in [1.82, 2.24) is 19.4 Å². The molecule has 2 fully saturated rings. The molecule has 166 valence electrons. The van der Waals surface area contributed by atoms with Crippen LogP contribution in [0.25, 0.3) is 5.13 Å². The van der Waals surface area contributed by atoms with Crippen LogP contribution in [0.1, 0.15) is 30.5 Å². The molecule has 0 saturated carbocycles. The topological polar surface area (TPSA) is 59.8 Å². The van der Waals surface area contributed by atoms with Crippen molar-refractivity contribution < 1.29 is 14.3 Å². The highest BCUT2D eigenvalue weighted by Gasteiger charge is 2.39. The van der Waals surface area contributed by atoms with Crippen LogP contribution >= 0.6 is 11.3 Å². The molecule has 2 saturated heterocycles. The van der Waals surface area contributed by atoms with Crippen molar-refractivity contribution in [3.63, 3.8) is 0 Å². The summed E-state index contributed by atoms with van der Waals surface area (Å²) in [6.07, 6.45) is 6.56. The molecule has 32 heavy (non-hydrogen) atoms. The first-order valence-electron chi connectivity index (χ1n) is 11.2. The lowest BCUT2D eigenvalue weighted by Crippen LogP contribution is -2.55. The van der Waals surface area contributed by atoms with Crippen LogP contribution in [-0.4, -0.2) is 51.2 Å². The molecule has 5 heterocycles. The second-order valence-electron chi connectivity index (χ2n) is 8.78. The number of ether oxygens (including phenoxy) is 2. The molecular formula is C24H26N4O3S. The van der Waals surface area contributed by atoms with Gasteiger partial charge in [0, 0.05) is 62.1 Å². The summed E-state index contributed by atoms with van der Waals surface area (Å²) < 4.78 is 13.1. The molecule has 0 unspecified atom stereocenters. The number of rotatable bonds is 5. The lowest BCUT2D eigenvalue weighted by Gasteiger charge is -2.47. The average Bonchev–Trinajstić information content (AvgIpc) is 3.57. The van der Waals surface area contributed by atoms with Gasteiger partial charge in [0.05, 0.1) is 0 Å². The lowest BCUT2D eigenvalue weighted by molar-refractivity contribution is -0.142. The van der Waals surface area contributed by atoms with Gasteiger partial charge in [-0.3, -0.25) is 14.3 Å². The molecule has 1 amide bonds. The SMILES string of the molecule is O=C1CC[C@@H]2CN(Cc3cccn3-c3nccs3)CC[C@@H]2N1Cc1ccc2c(c1)OCO2. The van der Waals surface area contributed by atoms with Crippen molar-refractivity contribution in [3.8, 4) is 16.6 Å². The minimum absolute atomic E-state index is 0.272. The highest BCUT2D eigenvalue weighted by Crippen LogP contribution is 2.36. The van der Waals surface area contributed by atoms with Crippen LogP contribution in [0.2, 0.25) is 0 Å². The minimum atomic E-state index is 0.272. The third kappa shape index (κ3) is 3.67. The van der Waals surface area contributed by atoms with E-state index < -0.39 is 0 Å². The van der Waals surface area contributed by atoms with Gasteiger partial charge in [0.15, 0.2) is 16.6 Å². The van der Waals surface area contributed by atoms with Gasteiger partial charge in [-0.15, -0.1) is 11.3 Å². The molecule has 6 rings (SSSR count). The number of benzene rings is 1. The Morgan fingerprint density at radius 1 is 1.12 bits per heavy atom. The molecule has 0 bridgehead atoms. The molecule has 7 nitrogen and oxygen atoms in total. The molecule has 8 heteroatoms. The second kappa shape index (κ2) is 8.26. The Hall–Kier alpha value is -2.84. The van der Waals surface area contributed by atoms with Crippen LogP contribution in [0, 0.1) is 5.92 Å². The number of amides is 1. The van der Waals surface area contributed by atoms with E-state index in [9.17, 15) is 4.79 Å². The predicted octanol–water partition coefficient (Wildman–Crippen LogP) is 3.68. The molecule has 0 aliphatic carbocycles. The van der Waals surface area contributed by atoms with E-state index in [0.717, 1.165) is 54.7 Å². The number of fused-ring (bicyclic) bond motifs is 2. The number of piperidine rings is 2. The maximum absolute atomic E-state index is 12.8. The maximum atomic E-state index is 12.8. The van der Waals surface area contributed by atoms with Gasteiger partial charge < -0.3 is 14.4 Å². The predicted molar refractivity (Wildman–Crippen MR) is 121 cm³/mol. The van der Waals surface area contributed by atoms with Gasteiger partial charge >= 0.3 is 0 Å². The first-order chi connectivity index (χ1) is 15.7. The number of carbonyl (C=O) groups excluding carboxylic acids is 1. The molecule has 3 aromatic rings. The fourth-order valence-corrected chi connectivity index (χ4v) is 5.96. The first-order valence-corrected chi connectivity index (χ1v) is 12.1. The molecule has 0 spiro atoms. The van der Waals surface area contributed by atoms with Crippen LogP contribution in [0.4, 0.5) is 0 Å². The van der Waals surface area contributed by atoms with Crippen molar-refractivity contribution in [1.29, 1.82) is 0 Å². The van der Waals surface area contributed by atoms with Gasteiger partial charge in [0.2, 0.25) is 12.7 Å². The number of carbonyl (C=O) groups is 1. The summed E-state index contributed by atoms with van der Waals surface area (Å²) >= 11 is 1.66. The van der Waals surface area contributed by atoms with Crippen LogP contribution < -0.4 is 9.47 Å². The summed E-state index contributed by atoms with van der Waals surface area (Å²) in [5.74, 6) is 2.35. The third-order valence-electron chi connectivity index (χ3n) is 6.86. The number of hydrogen-bond acceptors (Lipinski definition) is 6. The summed E-state index contributed by atoms with van der Waals surface area (Å²) in [5.41, 5.74) is 2.37. The van der Waals surface area contributed by atoms with E-state index in [4.69, 9.17) is 9.47 Å². The van der Waals surface area contributed by atoms with Crippen molar-refractivity contribution in [2.75, 3.05) is 19.9 Å². The van der Waals surface area contributed by atoms with Gasteiger partial charge in [0.25, 0.3) is 0 Å². The fourth-order valence-electron chi connectivity index (χ4n) is 5.31. The van der Waals surface area contributed by atoms with Crippen LogP contribution in [0.5, 0.6) is 11.5 Å². The van der Waals surface area contributed by atoms with E-state index in [1.165, 1.54) is 5.69 Å². The van der Waals surface area contributed by atoms with E-state index in [2.05, 4.69) is 37.7 Å². The number of thiazole rings is 1. The zero-order valence-corrected chi connectivity index (χ0v) is 18.7. The number of aromatic nitrogens is 2. The largest absolute Gasteiger partial charge is 0.454 e. The Morgan fingerprint density at radius 2 is 2.06 bits per heavy atom. The Bertz CT molecular complexity index is 1110. The van der Waals surface area contributed by atoms with E-state index in [-0.39, 0.29) is 12.7 Å². The zero-order valence-electron chi connectivity index (χ0n) is 17.9. The molecule has 1 aromatic carbocycles. The Kier molecular flexibility index (Phi) is 5.11. The molecule has 3 aliphatic heterocycles. The van der Waals surface area contributed by atoms with Crippen molar-refractivity contribution in [2.45, 2.75) is 38.4 Å². The van der Waals surface area contributed by atoms with Crippen molar-refractivity contribution >= 4 is 17.2 Å². The minimum Gasteiger partial charge on any atom is -0.454 e. The summed E-state index contributed by atoms with van der Waals surface area (Å²) in [7, 11) is 0. The smallest absolute Gasteiger partial charge is 0.231 e. The van der Waals surface area contributed by atoms with Gasteiger partial charge in [0.1, 0.15) is 0 Å². The summed E-state index contributed by atoms with van der Waals surface area (Å²) in [6, 6.07) is 10.6. The summed E-state index contributed by atoms with van der Waals surface area (Å²) in [5, 5.41) is 3.02. The Balaban J connectivity index is 1.14. The normalized spacial score (nSPS) is 22.9. The maximum Gasteiger partial charge on any atom is 0.231 e. The second-order valence-corrected chi connectivity index (χ2v) is 9.66.